The third kappa shape index (κ3) is 3.41. The van der Waals surface area contributed by atoms with E-state index >= 15 is 0 Å². The van der Waals surface area contributed by atoms with Gasteiger partial charge in [0.05, 0.1) is 18.3 Å². The maximum absolute atomic E-state index is 13.9. The summed E-state index contributed by atoms with van der Waals surface area (Å²) in [6, 6.07) is 3.24. The molecule has 3 rings (SSSR count). The van der Waals surface area contributed by atoms with Crippen molar-refractivity contribution in [3.05, 3.63) is 35.7 Å². The molecule has 7 nitrogen and oxygen atoms in total. The summed E-state index contributed by atoms with van der Waals surface area (Å²) in [7, 11) is 1.62. The molecule has 1 aromatic carbocycles. The van der Waals surface area contributed by atoms with E-state index in [-0.39, 0.29) is 11.7 Å². The van der Waals surface area contributed by atoms with Crippen LogP contribution in [0.2, 0.25) is 0 Å². The van der Waals surface area contributed by atoms with E-state index in [1.807, 2.05) is 6.92 Å². The van der Waals surface area contributed by atoms with Crippen molar-refractivity contribution in [2.45, 2.75) is 26.3 Å². The lowest BCUT2D eigenvalue weighted by molar-refractivity contribution is 0.148. The zero-order valence-corrected chi connectivity index (χ0v) is 14.1. The Balaban J connectivity index is 2.05. The van der Waals surface area contributed by atoms with E-state index in [0.29, 0.717) is 29.4 Å². The summed E-state index contributed by atoms with van der Waals surface area (Å²) in [5.74, 6) is -0.578. The number of hydrogen-bond acceptors (Lipinski definition) is 6. The fraction of sp³-hybridized carbons (Fsp3) is 0.375. The largest absolute Gasteiger partial charge is 0.382 e. The van der Waals surface area contributed by atoms with Gasteiger partial charge in [-0.3, -0.25) is 0 Å². The van der Waals surface area contributed by atoms with Gasteiger partial charge in [0.1, 0.15) is 17.5 Å². The van der Waals surface area contributed by atoms with Crippen LogP contribution in [0.1, 0.15) is 25.2 Å². The van der Waals surface area contributed by atoms with Gasteiger partial charge in [0, 0.05) is 13.2 Å². The number of anilines is 2. The first kappa shape index (κ1) is 17.2. The summed E-state index contributed by atoms with van der Waals surface area (Å²) in [6.45, 7) is 4.20. The van der Waals surface area contributed by atoms with E-state index in [1.54, 1.807) is 18.7 Å². The summed E-state index contributed by atoms with van der Waals surface area (Å²) in [6.07, 6.45) is 0.782. The molecule has 0 radical (unpaired) electrons. The van der Waals surface area contributed by atoms with Crippen LogP contribution >= 0.6 is 0 Å². The number of rotatable bonds is 6. The van der Waals surface area contributed by atoms with E-state index in [4.69, 9.17) is 4.74 Å². The van der Waals surface area contributed by atoms with Gasteiger partial charge in [-0.05, 0) is 25.5 Å². The molecular formula is C16H18F2N6O. The van der Waals surface area contributed by atoms with Crippen molar-refractivity contribution in [2.75, 3.05) is 19.0 Å². The van der Waals surface area contributed by atoms with Crippen LogP contribution in [0, 0.1) is 18.6 Å². The number of methoxy groups -OCH3 is 1. The molecule has 0 saturated carbocycles. The molecule has 132 valence electrons. The summed E-state index contributed by atoms with van der Waals surface area (Å²) >= 11 is 0. The van der Waals surface area contributed by atoms with E-state index < -0.39 is 11.6 Å². The van der Waals surface area contributed by atoms with Gasteiger partial charge in [0.15, 0.2) is 17.0 Å². The number of nitrogens with one attached hydrogen (secondary N) is 1. The number of aryl methyl sites for hydroxylation is 1. The Morgan fingerprint density at radius 1 is 1.28 bits per heavy atom. The Hall–Kier alpha value is -2.68. The number of ether oxygens (including phenoxy) is 1. The zero-order chi connectivity index (χ0) is 18.0. The first-order valence-corrected chi connectivity index (χ1v) is 7.84. The zero-order valence-electron chi connectivity index (χ0n) is 14.1. The minimum atomic E-state index is -0.720. The molecule has 1 atom stereocenters. The molecule has 2 aromatic heterocycles. The molecule has 0 aliphatic carbocycles. The summed E-state index contributed by atoms with van der Waals surface area (Å²) in [4.78, 5) is 8.68. The molecular weight excluding hydrogens is 330 g/mol. The molecule has 2 heterocycles. The molecule has 0 aliphatic rings. The Morgan fingerprint density at radius 2 is 2.08 bits per heavy atom. The summed E-state index contributed by atoms with van der Waals surface area (Å²) in [5, 5.41) is 11.1. The molecule has 0 amide bonds. The highest BCUT2D eigenvalue weighted by molar-refractivity contribution is 5.84. The van der Waals surface area contributed by atoms with Crippen molar-refractivity contribution in [3.8, 4) is 0 Å². The number of aromatic nitrogens is 5. The number of benzene rings is 1. The lowest BCUT2D eigenvalue weighted by Gasteiger charge is -2.14. The first-order valence-electron chi connectivity index (χ1n) is 7.84. The van der Waals surface area contributed by atoms with Gasteiger partial charge in [-0.15, -0.1) is 5.10 Å². The predicted octanol–water partition coefficient (Wildman–Crippen LogP) is 3.15. The molecule has 0 bridgehead atoms. The van der Waals surface area contributed by atoms with Crippen molar-refractivity contribution >= 4 is 22.7 Å². The van der Waals surface area contributed by atoms with Crippen molar-refractivity contribution < 1.29 is 13.5 Å². The molecule has 25 heavy (non-hydrogen) atoms. The quantitative estimate of drug-likeness (QED) is 0.737. The van der Waals surface area contributed by atoms with Gasteiger partial charge in [-0.1, -0.05) is 12.1 Å². The van der Waals surface area contributed by atoms with Crippen LogP contribution in [-0.4, -0.2) is 38.7 Å². The second-order valence-electron chi connectivity index (χ2n) is 5.59. The fourth-order valence-electron chi connectivity index (χ4n) is 2.54. The van der Waals surface area contributed by atoms with Crippen LogP contribution < -0.4 is 5.32 Å². The average molecular weight is 348 g/mol. The third-order valence-corrected chi connectivity index (χ3v) is 3.80. The second kappa shape index (κ2) is 7.06. The van der Waals surface area contributed by atoms with E-state index in [0.717, 1.165) is 12.5 Å². The normalized spacial score (nSPS) is 12.5. The minimum Gasteiger partial charge on any atom is -0.382 e. The lowest BCUT2D eigenvalue weighted by atomic mass is 10.2. The van der Waals surface area contributed by atoms with Crippen LogP contribution in [-0.2, 0) is 4.74 Å². The topological polar surface area (TPSA) is 77.8 Å². The van der Waals surface area contributed by atoms with Crippen molar-refractivity contribution in [2.24, 2.45) is 0 Å². The Morgan fingerprint density at radius 3 is 2.76 bits per heavy atom. The van der Waals surface area contributed by atoms with Crippen LogP contribution in [0.25, 0.3) is 11.2 Å². The SMILES string of the molecule is CCC(COC)n1nnc2c(Nc3ccc(F)cc3F)nc(C)nc21. The molecule has 0 saturated heterocycles. The average Bonchev–Trinajstić information content (AvgIpc) is 2.99. The fourth-order valence-corrected chi connectivity index (χ4v) is 2.54. The van der Waals surface area contributed by atoms with Crippen LogP contribution in [0.15, 0.2) is 18.2 Å². The number of fused-ring (bicyclic) bond motifs is 1. The van der Waals surface area contributed by atoms with Crippen molar-refractivity contribution in [1.82, 2.24) is 25.0 Å². The third-order valence-electron chi connectivity index (χ3n) is 3.80. The summed E-state index contributed by atoms with van der Waals surface area (Å²) < 4.78 is 33.9. The van der Waals surface area contributed by atoms with E-state index in [2.05, 4.69) is 25.6 Å². The van der Waals surface area contributed by atoms with Crippen LogP contribution in [0.5, 0.6) is 0 Å². The van der Waals surface area contributed by atoms with Gasteiger partial charge in [0.25, 0.3) is 0 Å². The summed E-state index contributed by atoms with van der Waals surface area (Å²) in [5.41, 5.74) is 1.03. The minimum absolute atomic E-state index is 0.0280. The predicted molar refractivity (Wildman–Crippen MR) is 88.7 cm³/mol. The molecule has 0 aliphatic heterocycles. The Kier molecular flexibility index (Phi) is 4.84. The number of nitrogens with zero attached hydrogens (tertiary/aromatic N) is 5. The van der Waals surface area contributed by atoms with E-state index in [9.17, 15) is 8.78 Å². The molecule has 1 unspecified atom stereocenters. The van der Waals surface area contributed by atoms with Crippen LogP contribution in [0.3, 0.4) is 0 Å². The van der Waals surface area contributed by atoms with Gasteiger partial charge in [-0.2, -0.15) is 0 Å². The van der Waals surface area contributed by atoms with Gasteiger partial charge < -0.3 is 10.1 Å². The molecule has 3 aromatic rings. The molecule has 1 N–H and O–H groups in total. The maximum Gasteiger partial charge on any atom is 0.184 e. The lowest BCUT2D eigenvalue weighted by Crippen LogP contribution is -2.16. The smallest absolute Gasteiger partial charge is 0.184 e. The second-order valence-corrected chi connectivity index (χ2v) is 5.59. The van der Waals surface area contributed by atoms with Gasteiger partial charge >= 0.3 is 0 Å². The van der Waals surface area contributed by atoms with Crippen molar-refractivity contribution in [1.29, 1.82) is 0 Å². The van der Waals surface area contributed by atoms with Gasteiger partial charge in [0.2, 0.25) is 0 Å². The van der Waals surface area contributed by atoms with E-state index in [1.165, 1.54) is 12.1 Å². The Bertz CT molecular complexity index is 898. The molecule has 0 fully saturated rings. The maximum atomic E-state index is 13.9. The Labute approximate surface area is 143 Å². The highest BCUT2D eigenvalue weighted by Crippen LogP contribution is 2.26. The molecule has 0 spiro atoms. The number of halogens is 2. The number of hydrogen-bond donors (Lipinski definition) is 1. The standard InChI is InChI=1S/C16H18F2N6O/c1-4-11(8-25-3)24-16-14(22-23-24)15(19-9(2)20-16)21-13-6-5-10(17)7-12(13)18/h5-7,11H,4,8H2,1-3H3,(H,19,20,21). The van der Waals surface area contributed by atoms with Crippen molar-refractivity contribution in [3.63, 3.8) is 0 Å². The highest BCUT2D eigenvalue weighted by Gasteiger charge is 2.19. The molecule has 9 heteroatoms. The highest BCUT2D eigenvalue weighted by atomic mass is 19.1. The van der Waals surface area contributed by atoms with Gasteiger partial charge in [-0.25, -0.2) is 23.4 Å². The first-order chi connectivity index (χ1) is 12.0. The monoisotopic (exact) mass is 348 g/mol. The van der Waals surface area contributed by atoms with Crippen LogP contribution in [0.4, 0.5) is 20.3 Å².